The summed E-state index contributed by atoms with van der Waals surface area (Å²) in [7, 11) is 0. The molecule has 9 heteroatoms. The Hall–Kier alpha value is -3.17. The van der Waals surface area contributed by atoms with Crippen LogP contribution >= 0.6 is 0 Å². The van der Waals surface area contributed by atoms with E-state index in [1.165, 1.54) is 0 Å². The summed E-state index contributed by atoms with van der Waals surface area (Å²) < 4.78 is 5.62. The lowest BCUT2D eigenvalue weighted by Gasteiger charge is -2.40. The Labute approximate surface area is 180 Å². The first-order valence-electron chi connectivity index (χ1n) is 10.5. The second-order valence-electron chi connectivity index (χ2n) is 8.17. The van der Waals surface area contributed by atoms with Gasteiger partial charge in [-0.15, -0.1) is 0 Å². The molecule has 1 fully saturated rings. The number of rotatable bonds is 5. The molecule has 1 amide bonds. The lowest BCUT2D eigenvalue weighted by atomic mass is 9.92. The zero-order chi connectivity index (χ0) is 22.1. The van der Waals surface area contributed by atoms with Gasteiger partial charge in [0.25, 0.3) is 5.91 Å². The molecular weight excluding hydrogens is 396 g/mol. The Morgan fingerprint density at radius 2 is 2.19 bits per heavy atom. The summed E-state index contributed by atoms with van der Waals surface area (Å²) in [5.74, 6) is -0.401. The quantitative estimate of drug-likeness (QED) is 0.488. The van der Waals surface area contributed by atoms with E-state index in [-0.39, 0.29) is 23.4 Å². The molecule has 1 aliphatic heterocycles. The Morgan fingerprint density at radius 3 is 2.94 bits per heavy atom. The van der Waals surface area contributed by atoms with Gasteiger partial charge in [0, 0.05) is 37.4 Å². The fourth-order valence-corrected chi connectivity index (χ4v) is 4.14. The SMILES string of the molecule is CCCc1cnc2c(C(=O)Nc3cnccc3N3CC(C)C(O)C(N)C3)c(N)oc2c1. The maximum Gasteiger partial charge on any atom is 0.263 e. The molecule has 3 aromatic heterocycles. The molecule has 3 atom stereocenters. The van der Waals surface area contributed by atoms with E-state index in [1.54, 1.807) is 18.6 Å². The number of carbonyl (C=O) groups excluding carboxylic acids is 1. The minimum absolute atomic E-state index is 0.00422. The van der Waals surface area contributed by atoms with Gasteiger partial charge in [-0.25, -0.2) is 0 Å². The first kappa shape index (κ1) is 21.1. The normalized spacial score (nSPS) is 21.4. The van der Waals surface area contributed by atoms with Gasteiger partial charge < -0.3 is 31.2 Å². The largest absolute Gasteiger partial charge is 0.438 e. The number of hydrogen-bond donors (Lipinski definition) is 4. The van der Waals surface area contributed by atoms with E-state index in [0.29, 0.717) is 29.9 Å². The van der Waals surface area contributed by atoms with Crippen LogP contribution < -0.4 is 21.7 Å². The molecule has 4 heterocycles. The molecule has 0 spiro atoms. The van der Waals surface area contributed by atoms with Crippen LogP contribution in [0.4, 0.5) is 17.3 Å². The monoisotopic (exact) mass is 424 g/mol. The molecule has 1 saturated heterocycles. The number of nitrogen functional groups attached to an aromatic ring is 1. The number of hydrogen-bond acceptors (Lipinski definition) is 8. The second-order valence-corrected chi connectivity index (χ2v) is 8.17. The number of piperidine rings is 1. The van der Waals surface area contributed by atoms with Gasteiger partial charge >= 0.3 is 0 Å². The van der Waals surface area contributed by atoms with Crippen molar-refractivity contribution in [1.29, 1.82) is 0 Å². The zero-order valence-electron chi connectivity index (χ0n) is 17.7. The van der Waals surface area contributed by atoms with Crippen LogP contribution in [0.2, 0.25) is 0 Å². The number of amides is 1. The number of pyridine rings is 2. The highest BCUT2D eigenvalue weighted by Gasteiger charge is 2.32. The first-order chi connectivity index (χ1) is 14.9. The zero-order valence-corrected chi connectivity index (χ0v) is 17.7. The fraction of sp³-hybridized carbons (Fsp3) is 0.409. The Balaban J connectivity index is 1.62. The maximum atomic E-state index is 13.1. The molecule has 1 aliphatic rings. The summed E-state index contributed by atoms with van der Waals surface area (Å²) in [5.41, 5.74) is 15.6. The van der Waals surface area contributed by atoms with E-state index in [2.05, 4.69) is 22.2 Å². The van der Waals surface area contributed by atoms with Crippen LogP contribution in [0.3, 0.4) is 0 Å². The fourth-order valence-electron chi connectivity index (χ4n) is 4.14. The van der Waals surface area contributed by atoms with Crippen molar-refractivity contribution in [2.75, 3.05) is 29.0 Å². The van der Waals surface area contributed by atoms with Gasteiger partial charge in [-0.05, 0) is 24.1 Å². The molecule has 0 saturated carbocycles. The van der Waals surface area contributed by atoms with Crippen molar-refractivity contribution >= 4 is 34.3 Å². The number of fused-ring (bicyclic) bond motifs is 1. The van der Waals surface area contributed by atoms with Crippen LogP contribution in [0.5, 0.6) is 0 Å². The lowest BCUT2D eigenvalue weighted by Crippen LogP contribution is -2.55. The number of aromatic nitrogens is 2. The third kappa shape index (κ3) is 4.06. The minimum Gasteiger partial charge on any atom is -0.438 e. The van der Waals surface area contributed by atoms with Gasteiger partial charge in [0.2, 0.25) is 5.88 Å². The molecule has 4 rings (SSSR count). The van der Waals surface area contributed by atoms with Crippen LogP contribution in [-0.4, -0.2) is 46.2 Å². The van der Waals surface area contributed by atoms with Crippen molar-refractivity contribution in [3.8, 4) is 0 Å². The van der Waals surface area contributed by atoms with Crippen LogP contribution in [0, 0.1) is 5.92 Å². The van der Waals surface area contributed by atoms with Gasteiger partial charge in [-0.1, -0.05) is 20.3 Å². The molecule has 9 nitrogen and oxygen atoms in total. The highest BCUT2D eigenvalue weighted by molar-refractivity contribution is 6.15. The molecule has 3 unspecified atom stereocenters. The third-order valence-electron chi connectivity index (χ3n) is 5.73. The van der Waals surface area contributed by atoms with Crippen LogP contribution in [0.15, 0.2) is 35.1 Å². The molecule has 6 N–H and O–H groups in total. The number of carbonyl (C=O) groups is 1. The maximum absolute atomic E-state index is 13.1. The predicted octanol–water partition coefficient (Wildman–Crippen LogP) is 2.15. The van der Waals surface area contributed by atoms with Gasteiger partial charge in [0.05, 0.1) is 23.7 Å². The molecular formula is C22H28N6O3. The number of nitrogens with zero attached hydrogens (tertiary/aromatic N) is 3. The summed E-state index contributed by atoms with van der Waals surface area (Å²) in [4.78, 5) is 23.8. The number of aliphatic hydroxyl groups is 1. The van der Waals surface area contributed by atoms with Crippen molar-refractivity contribution in [1.82, 2.24) is 9.97 Å². The molecule has 31 heavy (non-hydrogen) atoms. The lowest BCUT2D eigenvalue weighted by molar-refractivity contribution is 0.0785. The minimum atomic E-state index is -0.558. The number of furan rings is 1. The average Bonchev–Trinajstić information content (AvgIpc) is 3.07. The van der Waals surface area contributed by atoms with E-state index in [4.69, 9.17) is 15.9 Å². The smallest absolute Gasteiger partial charge is 0.263 e. The van der Waals surface area contributed by atoms with Crippen LogP contribution in [-0.2, 0) is 6.42 Å². The summed E-state index contributed by atoms with van der Waals surface area (Å²) in [5, 5.41) is 13.1. The Bertz CT molecular complexity index is 1090. The summed E-state index contributed by atoms with van der Waals surface area (Å²) >= 11 is 0. The molecule has 3 aromatic rings. The molecule has 0 bridgehead atoms. The molecule has 0 radical (unpaired) electrons. The van der Waals surface area contributed by atoms with E-state index >= 15 is 0 Å². The van der Waals surface area contributed by atoms with E-state index in [1.807, 2.05) is 24.0 Å². The average molecular weight is 425 g/mol. The third-order valence-corrected chi connectivity index (χ3v) is 5.73. The van der Waals surface area contributed by atoms with Gasteiger partial charge in [0.15, 0.2) is 5.58 Å². The van der Waals surface area contributed by atoms with Gasteiger partial charge in [-0.2, -0.15) is 0 Å². The number of aryl methyl sites for hydroxylation is 1. The van der Waals surface area contributed by atoms with Crippen LogP contribution in [0.25, 0.3) is 11.1 Å². The van der Waals surface area contributed by atoms with Crippen molar-refractivity contribution in [3.05, 3.63) is 41.9 Å². The van der Waals surface area contributed by atoms with Gasteiger partial charge in [-0.3, -0.25) is 14.8 Å². The first-order valence-corrected chi connectivity index (χ1v) is 10.5. The molecule has 164 valence electrons. The number of anilines is 3. The van der Waals surface area contributed by atoms with Crippen molar-refractivity contribution in [2.24, 2.45) is 11.7 Å². The standard InChI is InChI=1S/C22H28N6O3/c1-3-4-13-7-17-19(26-8-13)18(21(24)31-17)22(30)27-15-9-25-6-5-16(15)28-10-12(2)20(29)14(23)11-28/h5-9,12,14,20,29H,3-4,10-11,23-24H2,1-2H3,(H,27,30). The molecule has 0 aromatic carbocycles. The summed E-state index contributed by atoms with van der Waals surface area (Å²) in [6.45, 7) is 5.12. The van der Waals surface area contributed by atoms with E-state index < -0.39 is 12.0 Å². The number of nitrogens with one attached hydrogen (secondary N) is 1. The number of nitrogens with two attached hydrogens (primary N) is 2. The number of aliphatic hydroxyl groups excluding tert-OH is 1. The summed E-state index contributed by atoms with van der Waals surface area (Å²) in [6.07, 6.45) is 6.28. The Morgan fingerprint density at radius 1 is 1.39 bits per heavy atom. The highest BCUT2D eigenvalue weighted by Crippen LogP contribution is 2.32. The van der Waals surface area contributed by atoms with E-state index in [0.717, 1.165) is 24.1 Å². The van der Waals surface area contributed by atoms with Crippen molar-refractivity contribution < 1.29 is 14.3 Å². The predicted molar refractivity (Wildman–Crippen MR) is 120 cm³/mol. The highest BCUT2D eigenvalue weighted by atomic mass is 16.3. The van der Waals surface area contributed by atoms with Gasteiger partial charge in [0.1, 0.15) is 11.1 Å². The van der Waals surface area contributed by atoms with Crippen molar-refractivity contribution in [3.63, 3.8) is 0 Å². The van der Waals surface area contributed by atoms with Crippen molar-refractivity contribution in [2.45, 2.75) is 38.8 Å². The van der Waals surface area contributed by atoms with Crippen LogP contribution in [0.1, 0.15) is 36.2 Å². The van der Waals surface area contributed by atoms with E-state index in [9.17, 15) is 9.90 Å². The second kappa shape index (κ2) is 8.52. The molecule has 0 aliphatic carbocycles. The topological polar surface area (TPSA) is 144 Å². The summed E-state index contributed by atoms with van der Waals surface area (Å²) in [6, 6.07) is 3.31. The Kier molecular flexibility index (Phi) is 5.79.